The number of allylic oxidation sites excluding steroid dienone is 2. The summed E-state index contributed by atoms with van der Waals surface area (Å²) in [6.07, 6.45) is 7.06. The van der Waals surface area contributed by atoms with E-state index in [-0.39, 0.29) is 19.1 Å². The molecule has 0 bridgehead atoms. The highest BCUT2D eigenvalue weighted by atomic mass is 16.6. The predicted molar refractivity (Wildman–Crippen MR) is 138 cm³/mol. The molecule has 7 nitrogen and oxygen atoms in total. The molecule has 0 fully saturated rings. The van der Waals surface area contributed by atoms with E-state index in [0.717, 1.165) is 17.0 Å². The number of benzene rings is 1. The Labute approximate surface area is 217 Å². The molecule has 0 saturated heterocycles. The fraction of sp³-hybridized carbons (Fsp3) is 0.267. The Morgan fingerprint density at radius 1 is 0.703 bits per heavy atom. The minimum atomic E-state index is -0.406. The third kappa shape index (κ3) is 6.12. The highest BCUT2D eigenvalue weighted by molar-refractivity contribution is 5.57. The fourth-order valence-electron chi connectivity index (χ4n) is 4.70. The lowest BCUT2D eigenvalue weighted by atomic mass is 9.78. The molecule has 0 saturated carbocycles. The third-order valence-electron chi connectivity index (χ3n) is 6.81. The SMILES string of the molecule is CC1=C(CCOC(=O)[n+]2ccccc2)C(c2ccccc2)C(CCOC(=O)[n+]2ccccc2)=C(C)N1C. The number of hydrogen-bond donors (Lipinski definition) is 0. The van der Waals surface area contributed by atoms with E-state index in [9.17, 15) is 9.59 Å². The largest absolute Gasteiger partial charge is 0.601 e. The average molecular weight is 500 g/mol. The maximum absolute atomic E-state index is 12.5. The van der Waals surface area contributed by atoms with E-state index in [1.54, 1.807) is 49.1 Å². The van der Waals surface area contributed by atoms with Gasteiger partial charge >= 0.3 is 12.2 Å². The Balaban J connectivity index is 1.52. The summed E-state index contributed by atoms with van der Waals surface area (Å²) in [4.78, 5) is 27.1. The van der Waals surface area contributed by atoms with E-state index in [2.05, 4.69) is 30.9 Å². The number of rotatable bonds is 7. The normalized spacial score (nSPS) is 14.1. The predicted octanol–water partition coefficient (Wildman–Crippen LogP) is 4.99. The number of carbonyl (C=O) groups is 2. The minimum absolute atomic E-state index is 0.00330. The summed E-state index contributed by atoms with van der Waals surface area (Å²) in [6, 6.07) is 21.2. The smallest absolute Gasteiger partial charge is 0.411 e. The van der Waals surface area contributed by atoms with Gasteiger partial charge in [-0.05, 0) is 30.6 Å². The highest BCUT2D eigenvalue weighted by Crippen LogP contribution is 2.43. The van der Waals surface area contributed by atoms with E-state index < -0.39 is 12.2 Å². The number of hydrogen-bond acceptors (Lipinski definition) is 5. The van der Waals surface area contributed by atoms with Crippen LogP contribution >= 0.6 is 0 Å². The van der Waals surface area contributed by atoms with Gasteiger partial charge in [0.05, 0.1) is 0 Å². The molecule has 7 heteroatoms. The van der Waals surface area contributed by atoms with E-state index in [1.807, 2.05) is 37.4 Å². The molecule has 4 rings (SSSR count). The lowest BCUT2D eigenvalue weighted by Crippen LogP contribution is -2.42. The zero-order valence-electron chi connectivity index (χ0n) is 21.5. The second-order valence-corrected chi connectivity index (χ2v) is 8.92. The van der Waals surface area contributed by atoms with Crippen LogP contribution in [0.4, 0.5) is 9.59 Å². The van der Waals surface area contributed by atoms with Crippen LogP contribution in [-0.2, 0) is 9.47 Å². The Hall–Kier alpha value is -4.26. The Morgan fingerprint density at radius 2 is 1.11 bits per heavy atom. The molecular weight excluding hydrogens is 466 g/mol. The van der Waals surface area contributed by atoms with Gasteiger partial charge in [-0.1, -0.05) is 51.6 Å². The molecule has 0 spiro atoms. The van der Waals surface area contributed by atoms with Crippen LogP contribution in [0.3, 0.4) is 0 Å². The molecule has 0 N–H and O–H groups in total. The second kappa shape index (κ2) is 12.1. The molecule has 1 aliphatic rings. The van der Waals surface area contributed by atoms with Gasteiger partial charge in [-0.25, -0.2) is 0 Å². The maximum Gasteiger partial charge on any atom is 0.601 e. The van der Waals surface area contributed by atoms with Crippen molar-refractivity contribution in [3.63, 3.8) is 0 Å². The first-order valence-electron chi connectivity index (χ1n) is 12.4. The van der Waals surface area contributed by atoms with Gasteiger partial charge < -0.3 is 14.4 Å². The molecule has 0 aliphatic carbocycles. The number of carbonyl (C=O) groups excluding carboxylic acids is 2. The molecule has 1 aliphatic heterocycles. The summed E-state index contributed by atoms with van der Waals surface area (Å²) in [5.74, 6) is 0.00330. The molecule has 37 heavy (non-hydrogen) atoms. The van der Waals surface area contributed by atoms with Gasteiger partial charge in [-0.2, -0.15) is 9.59 Å². The summed E-state index contributed by atoms with van der Waals surface area (Å²) in [7, 11) is 2.05. The molecule has 0 amide bonds. The Bertz CT molecular complexity index is 1210. The monoisotopic (exact) mass is 499 g/mol. The van der Waals surface area contributed by atoms with Crippen molar-refractivity contribution in [3.05, 3.63) is 120 Å². The van der Waals surface area contributed by atoms with Crippen molar-refractivity contribution in [3.8, 4) is 0 Å². The van der Waals surface area contributed by atoms with Crippen molar-refractivity contribution in [1.29, 1.82) is 0 Å². The quantitative estimate of drug-likeness (QED) is 0.429. The standard InChI is InChI=1S/C30H33N3O4/c1-23-26(15-21-36-29(34)32-17-9-5-10-18-32)28(25-13-7-4-8-14-25)27(24(2)31(23)3)16-22-37-30(35)33-19-11-6-12-20-33/h4-14,17-20,28H,15-16,21-22H2,1-3H3/q+2. The Morgan fingerprint density at radius 3 is 1.54 bits per heavy atom. The average Bonchev–Trinajstić information content (AvgIpc) is 2.95. The van der Waals surface area contributed by atoms with E-state index in [0.29, 0.717) is 12.8 Å². The maximum atomic E-state index is 12.5. The van der Waals surface area contributed by atoms with Crippen molar-refractivity contribution in [2.45, 2.75) is 32.6 Å². The van der Waals surface area contributed by atoms with Crippen molar-refractivity contribution in [1.82, 2.24) is 4.90 Å². The highest BCUT2D eigenvalue weighted by Gasteiger charge is 2.31. The Kier molecular flexibility index (Phi) is 8.46. The molecular formula is C30H33N3O4+2. The summed E-state index contributed by atoms with van der Waals surface area (Å²) in [5, 5.41) is 0. The van der Waals surface area contributed by atoms with Gasteiger partial charge in [0, 0.05) is 61.5 Å². The summed E-state index contributed by atoms with van der Waals surface area (Å²) < 4.78 is 14.1. The van der Waals surface area contributed by atoms with Crippen LogP contribution in [0.15, 0.2) is 114 Å². The number of pyridine rings is 2. The number of ether oxygens (including phenoxy) is 2. The number of nitrogens with zero attached hydrogens (tertiary/aromatic N) is 3. The second-order valence-electron chi connectivity index (χ2n) is 8.92. The van der Waals surface area contributed by atoms with Crippen LogP contribution in [0.2, 0.25) is 0 Å². The van der Waals surface area contributed by atoms with Crippen molar-refractivity contribution in [2.75, 3.05) is 20.3 Å². The topological polar surface area (TPSA) is 63.6 Å². The van der Waals surface area contributed by atoms with Crippen LogP contribution in [0.25, 0.3) is 0 Å². The van der Waals surface area contributed by atoms with Crippen LogP contribution in [0.5, 0.6) is 0 Å². The summed E-state index contributed by atoms with van der Waals surface area (Å²) in [6.45, 7) is 4.73. The lowest BCUT2D eigenvalue weighted by Gasteiger charge is -2.38. The first-order chi connectivity index (χ1) is 18.0. The van der Waals surface area contributed by atoms with Crippen LogP contribution in [0, 0.1) is 0 Å². The van der Waals surface area contributed by atoms with Gasteiger partial charge in [-0.3, -0.25) is 0 Å². The zero-order chi connectivity index (χ0) is 26.2. The number of aromatic nitrogens is 2. The molecule has 0 unspecified atom stereocenters. The van der Waals surface area contributed by atoms with Crippen LogP contribution < -0.4 is 9.13 Å². The van der Waals surface area contributed by atoms with Gasteiger partial charge in [0.1, 0.15) is 13.2 Å². The van der Waals surface area contributed by atoms with Gasteiger partial charge in [-0.15, -0.1) is 0 Å². The molecule has 1 aromatic carbocycles. The van der Waals surface area contributed by atoms with Gasteiger partial charge in [0.15, 0.2) is 24.8 Å². The molecule has 0 radical (unpaired) electrons. The first kappa shape index (κ1) is 25.8. The van der Waals surface area contributed by atoms with Crippen LogP contribution in [-0.4, -0.2) is 37.3 Å². The lowest BCUT2D eigenvalue weighted by molar-refractivity contribution is -0.586. The molecule has 3 heterocycles. The zero-order valence-corrected chi connectivity index (χ0v) is 21.5. The van der Waals surface area contributed by atoms with E-state index in [4.69, 9.17) is 9.47 Å². The molecule has 0 atom stereocenters. The van der Waals surface area contributed by atoms with Gasteiger partial charge in [0.2, 0.25) is 0 Å². The van der Waals surface area contributed by atoms with Crippen LogP contribution in [0.1, 0.15) is 38.2 Å². The van der Waals surface area contributed by atoms with Crippen molar-refractivity contribution in [2.24, 2.45) is 0 Å². The van der Waals surface area contributed by atoms with E-state index in [1.165, 1.54) is 20.3 Å². The first-order valence-corrected chi connectivity index (χ1v) is 12.4. The third-order valence-corrected chi connectivity index (χ3v) is 6.81. The molecule has 2 aromatic heterocycles. The summed E-state index contributed by atoms with van der Waals surface area (Å²) >= 11 is 0. The molecule has 190 valence electrons. The summed E-state index contributed by atoms with van der Waals surface area (Å²) in [5.41, 5.74) is 5.80. The molecule has 3 aromatic rings. The minimum Gasteiger partial charge on any atom is -0.411 e. The van der Waals surface area contributed by atoms with Crippen molar-refractivity contribution < 1.29 is 28.2 Å². The van der Waals surface area contributed by atoms with Crippen molar-refractivity contribution >= 4 is 12.2 Å². The fourth-order valence-corrected chi connectivity index (χ4v) is 4.70. The van der Waals surface area contributed by atoms with Gasteiger partial charge in [0.25, 0.3) is 0 Å². The van der Waals surface area contributed by atoms with E-state index >= 15 is 0 Å².